The predicted octanol–water partition coefficient (Wildman–Crippen LogP) is 5.28. The summed E-state index contributed by atoms with van der Waals surface area (Å²) < 4.78 is 5.77. The first-order valence-corrected chi connectivity index (χ1v) is 10.3. The minimum absolute atomic E-state index is 0.0174. The third-order valence-corrected chi connectivity index (χ3v) is 6.01. The lowest BCUT2D eigenvalue weighted by Crippen LogP contribution is -2.28. The molecule has 0 fully saturated rings. The van der Waals surface area contributed by atoms with E-state index in [-0.39, 0.29) is 12.5 Å². The smallest absolute Gasteiger partial charge is 0.258 e. The number of nitrogens with zero attached hydrogens (tertiary/aromatic N) is 1. The van der Waals surface area contributed by atoms with Crippen LogP contribution < -0.4 is 10.1 Å². The first kappa shape index (κ1) is 19.2. The van der Waals surface area contributed by atoms with Crippen LogP contribution in [0.25, 0.3) is 21.3 Å². The Morgan fingerprint density at radius 1 is 1.00 bits per heavy atom. The average Bonchev–Trinajstić information content (AvgIpc) is 3.11. The van der Waals surface area contributed by atoms with E-state index in [2.05, 4.69) is 29.4 Å². The van der Waals surface area contributed by atoms with Crippen LogP contribution in [0.3, 0.4) is 0 Å². The highest BCUT2D eigenvalue weighted by Crippen LogP contribution is 2.30. The molecule has 0 aliphatic heterocycles. The first-order valence-electron chi connectivity index (χ1n) is 9.51. The normalized spacial score (nSPS) is 10.8. The highest BCUT2D eigenvalue weighted by atomic mass is 32.1. The number of hydrogen-bond donors (Lipinski definition) is 1. The Labute approximate surface area is 174 Å². The average molecular weight is 403 g/mol. The Morgan fingerprint density at radius 2 is 1.76 bits per heavy atom. The minimum Gasteiger partial charge on any atom is -0.483 e. The molecule has 0 radical (unpaired) electrons. The van der Waals surface area contributed by atoms with E-state index in [0.717, 1.165) is 31.9 Å². The van der Waals surface area contributed by atoms with Gasteiger partial charge in [0.15, 0.2) is 6.61 Å². The molecular formula is C24H22N2O2S. The number of rotatable bonds is 6. The molecule has 5 heteroatoms. The fourth-order valence-electron chi connectivity index (χ4n) is 3.21. The van der Waals surface area contributed by atoms with E-state index in [1.54, 1.807) is 11.3 Å². The second kappa shape index (κ2) is 8.45. The second-order valence-electron chi connectivity index (χ2n) is 6.89. The van der Waals surface area contributed by atoms with Gasteiger partial charge in [-0.15, -0.1) is 11.3 Å². The van der Waals surface area contributed by atoms with E-state index >= 15 is 0 Å². The van der Waals surface area contributed by atoms with Crippen molar-refractivity contribution in [1.29, 1.82) is 0 Å². The Hall–Kier alpha value is -3.18. The molecule has 0 unspecified atom stereocenters. The SMILES string of the molecule is Cc1ccccc1-c1nc(C)c(CNC(=O)COc2cccc3ccccc23)s1. The highest BCUT2D eigenvalue weighted by Gasteiger charge is 2.12. The van der Waals surface area contributed by atoms with Gasteiger partial charge in [0.05, 0.1) is 12.2 Å². The van der Waals surface area contributed by atoms with Crippen LogP contribution in [-0.4, -0.2) is 17.5 Å². The molecule has 3 aromatic carbocycles. The molecule has 0 atom stereocenters. The molecule has 1 amide bonds. The maximum atomic E-state index is 12.3. The van der Waals surface area contributed by atoms with E-state index < -0.39 is 0 Å². The Bertz CT molecular complexity index is 1160. The van der Waals surface area contributed by atoms with Crippen LogP contribution in [0.5, 0.6) is 5.75 Å². The summed E-state index contributed by atoms with van der Waals surface area (Å²) in [6.45, 7) is 4.49. The number of amides is 1. The third kappa shape index (κ3) is 4.30. The summed E-state index contributed by atoms with van der Waals surface area (Å²) in [4.78, 5) is 18.1. The summed E-state index contributed by atoms with van der Waals surface area (Å²) in [5.74, 6) is 0.567. The quantitative estimate of drug-likeness (QED) is 0.478. The van der Waals surface area contributed by atoms with Gasteiger partial charge in [-0.2, -0.15) is 0 Å². The van der Waals surface area contributed by atoms with Crippen molar-refractivity contribution in [3.05, 3.63) is 82.9 Å². The van der Waals surface area contributed by atoms with Crippen molar-refractivity contribution < 1.29 is 9.53 Å². The van der Waals surface area contributed by atoms with Gasteiger partial charge in [-0.05, 0) is 30.9 Å². The van der Waals surface area contributed by atoms with Gasteiger partial charge in [-0.25, -0.2) is 4.98 Å². The summed E-state index contributed by atoms with van der Waals surface area (Å²) >= 11 is 1.62. The topological polar surface area (TPSA) is 51.2 Å². The fraction of sp³-hybridized carbons (Fsp3) is 0.167. The molecule has 0 saturated heterocycles. The van der Waals surface area contributed by atoms with Gasteiger partial charge in [0.25, 0.3) is 5.91 Å². The molecule has 0 aliphatic carbocycles. The van der Waals surface area contributed by atoms with Crippen molar-refractivity contribution in [3.63, 3.8) is 0 Å². The van der Waals surface area contributed by atoms with Crippen molar-refractivity contribution in [3.8, 4) is 16.3 Å². The van der Waals surface area contributed by atoms with Gasteiger partial charge in [0, 0.05) is 15.8 Å². The monoisotopic (exact) mass is 402 g/mol. The molecule has 1 heterocycles. The summed E-state index contributed by atoms with van der Waals surface area (Å²) in [6.07, 6.45) is 0. The van der Waals surface area contributed by atoms with Crippen molar-refractivity contribution in [2.24, 2.45) is 0 Å². The standard InChI is InChI=1S/C24H22N2O2S/c1-16-8-3-5-11-19(16)24-26-17(2)22(29-24)14-25-23(27)15-28-21-13-7-10-18-9-4-6-12-20(18)21/h3-13H,14-15H2,1-2H3,(H,25,27). The summed E-state index contributed by atoms with van der Waals surface area (Å²) in [5, 5.41) is 6.02. The molecule has 1 N–H and O–H groups in total. The molecule has 4 nitrogen and oxygen atoms in total. The highest BCUT2D eigenvalue weighted by molar-refractivity contribution is 7.15. The van der Waals surface area contributed by atoms with Crippen molar-refractivity contribution >= 4 is 28.0 Å². The van der Waals surface area contributed by atoms with Crippen LogP contribution in [0, 0.1) is 13.8 Å². The van der Waals surface area contributed by atoms with E-state index in [0.29, 0.717) is 12.3 Å². The lowest BCUT2D eigenvalue weighted by Gasteiger charge is -2.09. The molecule has 0 aliphatic rings. The zero-order chi connectivity index (χ0) is 20.2. The third-order valence-electron chi connectivity index (χ3n) is 4.82. The number of fused-ring (bicyclic) bond motifs is 1. The Balaban J connectivity index is 1.38. The number of aromatic nitrogens is 1. The number of nitrogens with one attached hydrogen (secondary N) is 1. The number of carbonyl (C=O) groups is 1. The van der Waals surface area contributed by atoms with Gasteiger partial charge in [0.1, 0.15) is 10.8 Å². The van der Waals surface area contributed by atoms with Crippen LogP contribution in [0.1, 0.15) is 16.1 Å². The number of hydrogen-bond acceptors (Lipinski definition) is 4. The summed E-state index contributed by atoms with van der Waals surface area (Å²) in [7, 11) is 0. The first-order chi connectivity index (χ1) is 14.1. The lowest BCUT2D eigenvalue weighted by atomic mass is 10.1. The molecule has 1 aromatic heterocycles. The van der Waals surface area contributed by atoms with Crippen LogP contribution in [0.2, 0.25) is 0 Å². The summed E-state index contributed by atoms with van der Waals surface area (Å²) in [5.41, 5.74) is 3.28. The van der Waals surface area contributed by atoms with Crippen molar-refractivity contribution in [2.45, 2.75) is 20.4 Å². The van der Waals surface area contributed by atoms with Gasteiger partial charge >= 0.3 is 0 Å². The Kier molecular flexibility index (Phi) is 5.58. The fourth-order valence-corrected chi connectivity index (χ4v) is 4.31. The number of aryl methyl sites for hydroxylation is 2. The lowest BCUT2D eigenvalue weighted by molar-refractivity contribution is -0.123. The number of benzene rings is 3. The van der Waals surface area contributed by atoms with Gasteiger partial charge in [-0.1, -0.05) is 60.7 Å². The van der Waals surface area contributed by atoms with Crippen LogP contribution in [0.4, 0.5) is 0 Å². The second-order valence-corrected chi connectivity index (χ2v) is 7.97. The number of thiazole rings is 1. The zero-order valence-corrected chi connectivity index (χ0v) is 17.3. The maximum absolute atomic E-state index is 12.3. The zero-order valence-electron chi connectivity index (χ0n) is 16.4. The van der Waals surface area contributed by atoms with Gasteiger partial charge in [-0.3, -0.25) is 4.79 Å². The van der Waals surface area contributed by atoms with E-state index in [9.17, 15) is 4.79 Å². The van der Waals surface area contributed by atoms with E-state index in [1.807, 2.05) is 61.5 Å². The number of ether oxygens (including phenoxy) is 1. The molecule has 4 rings (SSSR count). The molecule has 29 heavy (non-hydrogen) atoms. The number of carbonyl (C=O) groups excluding carboxylic acids is 1. The van der Waals surface area contributed by atoms with Crippen LogP contribution in [-0.2, 0) is 11.3 Å². The van der Waals surface area contributed by atoms with Gasteiger partial charge < -0.3 is 10.1 Å². The predicted molar refractivity (Wildman–Crippen MR) is 118 cm³/mol. The molecule has 0 bridgehead atoms. The molecule has 0 spiro atoms. The van der Waals surface area contributed by atoms with E-state index in [4.69, 9.17) is 4.74 Å². The molecular weight excluding hydrogens is 380 g/mol. The van der Waals surface area contributed by atoms with Crippen molar-refractivity contribution in [2.75, 3.05) is 6.61 Å². The molecule has 0 saturated carbocycles. The summed E-state index contributed by atoms with van der Waals surface area (Å²) in [6, 6.07) is 22.0. The Morgan fingerprint density at radius 3 is 2.62 bits per heavy atom. The molecule has 146 valence electrons. The van der Waals surface area contributed by atoms with Gasteiger partial charge in [0.2, 0.25) is 0 Å². The minimum atomic E-state index is -0.150. The maximum Gasteiger partial charge on any atom is 0.258 e. The van der Waals surface area contributed by atoms with Crippen LogP contribution >= 0.6 is 11.3 Å². The van der Waals surface area contributed by atoms with E-state index in [1.165, 1.54) is 5.56 Å². The van der Waals surface area contributed by atoms with Crippen molar-refractivity contribution in [1.82, 2.24) is 10.3 Å². The van der Waals surface area contributed by atoms with Crippen LogP contribution in [0.15, 0.2) is 66.7 Å². The molecule has 4 aromatic rings. The largest absolute Gasteiger partial charge is 0.483 e.